The summed E-state index contributed by atoms with van der Waals surface area (Å²) >= 11 is 1.33. The third-order valence-corrected chi connectivity index (χ3v) is 3.37. The van der Waals surface area contributed by atoms with Crippen molar-refractivity contribution in [3.05, 3.63) is 35.7 Å². The number of rotatable bonds is 4. The fourth-order valence-electron chi connectivity index (χ4n) is 1.66. The largest absolute Gasteiger partial charge is 0.486 e. The molecule has 7 nitrogen and oxygen atoms in total. The van der Waals surface area contributed by atoms with Crippen molar-refractivity contribution in [1.82, 2.24) is 19.8 Å². The van der Waals surface area contributed by atoms with Crippen LogP contribution in [0.4, 0.5) is 5.13 Å². The zero-order chi connectivity index (χ0) is 13.2. The lowest BCUT2D eigenvalue weighted by molar-refractivity contribution is 0.292. The highest BCUT2D eigenvalue weighted by Crippen LogP contribution is 2.19. The summed E-state index contributed by atoms with van der Waals surface area (Å²) in [5, 5.41) is 12.8. The Bertz CT molecular complexity index is 706. The first-order chi connectivity index (χ1) is 9.26. The van der Waals surface area contributed by atoms with Gasteiger partial charge in [-0.3, -0.25) is 5.43 Å². The van der Waals surface area contributed by atoms with Gasteiger partial charge in [0.15, 0.2) is 5.82 Å². The lowest BCUT2D eigenvalue weighted by atomic mass is 10.2. The number of fused-ring (bicyclic) bond motifs is 1. The molecule has 0 amide bonds. The number of hydrogen-bond donors (Lipinski definition) is 2. The maximum Gasteiger partial charge on any atom is 0.236 e. The zero-order valence-corrected chi connectivity index (χ0v) is 11.0. The van der Waals surface area contributed by atoms with E-state index >= 15 is 0 Å². The number of hydrazine groups is 1. The van der Waals surface area contributed by atoms with E-state index in [1.54, 1.807) is 4.52 Å². The highest BCUT2D eigenvalue weighted by molar-refractivity contribution is 7.20. The number of anilines is 1. The molecule has 3 N–H and O–H groups in total. The topological polar surface area (TPSA) is 90.4 Å². The molecule has 2 heterocycles. The van der Waals surface area contributed by atoms with Gasteiger partial charge in [0.05, 0.1) is 0 Å². The number of nitrogens with zero attached hydrogens (tertiary/aromatic N) is 4. The molecule has 0 aliphatic carbocycles. The van der Waals surface area contributed by atoms with Crippen molar-refractivity contribution in [3.63, 3.8) is 0 Å². The number of ether oxygens (including phenoxy) is 1. The van der Waals surface area contributed by atoms with Crippen molar-refractivity contribution < 1.29 is 4.74 Å². The first kappa shape index (κ1) is 11.9. The van der Waals surface area contributed by atoms with E-state index in [1.165, 1.54) is 11.3 Å². The summed E-state index contributed by atoms with van der Waals surface area (Å²) in [5.41, 5.74) is 3.63. The van der Waals surface area contributed by atoms with E-state index in [4.69, 9.17) is 10.6 Å². The number of aryl methyl sites for hydroxylation is 1. The molecule has 0 bridgehead atoms. The number of hydrogen-bond acceptors (Lipinski definition) is 7. The van der Waals surface area contributed by atoms with Crippen molar-refractivity contribution in [3.8, 4) is 5.75 Å². The van der Waals surface area contributed by atoms with E-state index in [1.807, 2.05) is 31.2 Å². The second-order valence-electron chi connectivity index (χ2n) is 3.97. The van der Waals surface area contributed by atoms with Crippen molar-refractivity contribution in [2.45, 2.75) is 13.5 Å². The number of benzene rings is 1. The highest BCUT2D eigenvalue weighted by Gasteiger charge is 2.11. The molecule has 0 aliphatic heterocycles. The molecule has 0 saturated heterocycles. The Morgan fingerprint density at radius 3 is 3.11 bits per heavy atom. The van der Waals surface area contributed by atoms with E-state index in [2.05, 4.69) is 20.7 Å². The van der Waals surface area contributed by atoms with Gasteiger partial charge in [-0.1, -0.05) is 23.5 Å². The van der Waals surface area contributed by atoms with Crippen LogP contribution in [0.3, 0.4) is 0 Å². The minimum absolute atomic E-state index is 0.304. The third kappa shape index (κ3) is 2.35. The smallest absolute Gasteiger partial charge is 0.236 e. The minimum Gasteiger partial charge on any atom is -0.486 e. The predicted octanol–water partition coefficient (Wildman–Crippen LogP) is 1.36. The van der Waals surface area contributed by atoms with Crippen molar-refractivity contribution >= 4 is 21.4 Å². The molecule has 0 spiro atoms. The Balaban J connectivity index is 1.79. The van der Waals surface area contributed by atoms with Crippen LogP contribution in [-0.2, 0) is 6.61 Å². The summed E-state index contributed by atoms with van der Waals surface area (Å²) in [5.74, 6) is 6.74. The van der Waals surface area contributed by atoms with Crippen molar-refractivity contribution in [2.75, 3.05) is 5.43 Å². The average molecular weight is 276 g/mol. The standard InChI is InChI=1S/C11H12N6OS/c1-7-3-2-4-8(5-7)18-6-9-14-15-11-17(9)16-10(13-12)19-11/h2-5H,6,12H2,1H3,(H,13,16). The van der Waals surface area contributed by atoms with Crippen LogP contribution in [0.15, 0.2) is 24.3 Å². The summed E-state index contributed by atoms with van der Waals surface area (Å²) in [7, 11) is 0. The van der Waals surface area contributed by atoms with Gasteiger partial charge >= 0.3 is 0 Å². The normalized spacial score (nSPS) is 10.8. The lowest BCUT2D eigenvalue weighted by Gasteiger charge is -2.04. The second kappa shape index (κ2) is 4.82. The Kier molecular flexibility index (Phi) is 3.02. The minimum atomic E-state index is 0.304. The van der Waals surface area contributed by atoms with Gasteiger partial charge in [-0.2, -0.15) is 4.52 Å². The maximum absolute atomic E-state index is 5.67. The van der Waals surface area contributed by atoms with E-state index in [0.29, 0.717) is 22.5 Å². The van der Waals surface area contributed by atoms with E-state index in [0.717, 1.165) is 11.3 Å². The number of nitrogens with two attached hydrogens (primary N) is 1. The average Bonchev–Trinajstić information content (AvgIpc) is 2.96. The Hall–Kier alpha value is -2.19. The van der Waals surface area contributed by atoms with Gasteiger partial charge < -0.3 is 4.74 Å². The highest BCUT2D eigenvalue weighted by atomic mass is 32.1. The summed E-state index contributed by atoms with van der Waals surface area (Å²) in [6.07, 6.45) is 0. The van der Waals surface area contributed by atoms with Crippen LogP contribution < -0.4 is 16.0 Å². The summed E-state index contributed by atoms with van der Waals surface area (Å²) in [6.45, 7) is 2.32. The first-order valence-electron chi connectivity index (χ1n) is 5.63. The lowest BCUT2D eigenvalue weighted by Crippen LogP contribution is -2.08. The number of nitrogen functional groups attached to an aromatic ring is 1. The first-order valence-corrected chi connectivity index (χ1v) is 6.45. The summed E-state index contributed by atoms with van der Waals surface area (Å²) in [4.78, 5) is 0.677. The van der Waals surface area contributed by atoms with Gasteiger partial charge in [0.1, 0.15) is 12.4 Å². The van der Waals surface area contributed by atoms with Crippen LogP contribution in [0.1, 0.15) is 11.4 Å². The Morgan fingerprint density at radius 2 is 2.32 bits per heavy atom. The molecule has 0 radical (unpaired) electrons. The Morgan fingerprint density at radius 1 is 1.42 bits per heavy atom. The van der Waals surface area contributed by atoms with Crippen LogP contribution in [0.2, 0.25) is 0 Å². The SMILES string of the molecule is Cc1cccc(OCc2nnc3sc(NN)nn23)c1. The van der Waals surface area contributed by atoms with Crippen LogP contribution in [0.5, 0.6) is 5.75 Å². The molecular weight excluding hydrogens is 264 g/mol. The molecule has 3 rings (SSSR count). The number of aromatic nitrogens is 4. The van der Waals surface area contributed by atoms with Crippen LogP contribution in [0, 0.1) is 6.92 Å². The monoisotopic (exact) mass is 276 g/mol. The van der Waals surface area contributed by atoms with Gasteiger partial charge in [0.25, 0.3) is 0 Å². The van der Waals surface area contributed by atoms with E-state index in [-0.39, 0.29) is 0 Å². The fourth-order valence-corrected chi connectivity index (χ4v) is 2.33. The molecule has 3 aromatic rings. The molecule has 8 heteroatoms. The zero-order valence-electron chi connectivity index (χ0n) is 10.2. The van der Waals surface area contributed by atoms with Gasteiger partial charge in [-0.05, 0) is 24.6 Å². The molecule has 0 unspecified atom stereocenters. The molecule has 0 aliphatic rings. The van der Waals surface area contributed by atoms with Crippen LogP contribution >= 0.6 is 11.3 Å². The fraction of sp³-hybridized carbons (Fsp3) is 0.182. The van der Waals surface area contributed by atoms with Crippen molar-refractivity contribution in [2.24, 2.45) is 5.84 Å². The van der Waals surface area contributed by atoms with Crippen molar-refractivity contribution in [1.29, 1.82) is 0 Å². The van der Waals surface area contributed by atoms with Gasteiger partial charge in [0, 0.05) is 0 Å². The molecule has 98 valence electrons. The summed E-state index contributed by atoms with van der Waals surface area (Å²) in [6, 6.07) is 7.83. The van der Waals surface area contributed by atoms with Gasteiger partial charge in [0.2, 0.25) is 10.1 Å². The number of nitrogens with one attached hydrogen (secondary N) is 1. The van der Waals surface area contributed by atoms with Gasteiger partial charge in [-0.15, -0.1) is 15.3 Å². The third-order valence-electron chi connectivity index (χ3n) is 2.54. The quantitative estimate of drug-likeness (QED) is 0.552. The second-order valence-corrected chi connectivity index (χ2v) is 4.92. The van der Waals surface area contributed by atoms with E-state index in [9.17, 15) is 0 Å². The maximum atomic E-state index is 5.67. The summed E-state index contributed by atoms with van der Waals surface area (Å²) < 4.78 is 7.29. The predicted molar refractivity (Wildman–Crippen MR) is 72.0 cm³/mol. The Labute approximate surface area is 113 Å². The molecule has 19 heavy (non-hydrogen) atoms. The molecular formula is C11H12N6OS. The van der Waals surface area contributed by atoms with E-state index < -0.39 is 0 Å². The molecule has 2 aromatic heterocycles. The molecule has 0 fully saturated rings. The van der Waals surface area contributed by atoms with Gasteiger partial charge in [-0.25, -0.2) is 5.84 Å². The van der Waals surface area contributed by atoms with Crippen LogP contribution in [0.25, 0.3) is 4.96 Å². The van der Waals surface area contributed by atoms with Crippen LogP contribution in [-0.4, -0.2) is 19.8 Å². The molecule has 0 atom stereocenters. The molecule has 1 aromatic carbocycles. The molecule has 0 saturated carbocycles.